The Kier molecular flexibility index (Phi) is 5.01. The molecule has 128 valence electrons. The highest BCUT2D eigenvalue weighted by atomic mass is 32.2. The number of nitrogens with zero attached hydrogens (tertiary/aromatic N) is 3. The lowest BCUT2D eigenvalue weighted by Crippen LogP contribution is -2.49. The summed E-state index contributed by atoms with van der Waals surface area (Å²) in [6, 6.07) is 1.99. The highest BCUT2D eigenvalue weighted by Gasteiger charge is 2.30. The van der Waals surface area contributed by atoms with E-state index in [1.165, 1.54) is 6.42 Å². The number of sulfone groups is 1. The summed E-state index contributed by atoms with van der Waals surface area (Å²) in [7, 11) is -2.96. The number of likely N-dealkylation sites (tertiary alicyclic amines) is 1. The largest absolute Gasteiger partial charge is 0.351 e. The van der Waals surface area contributed by atoms with Gasteiger partial charge in [0, 0.05) is 24.5 Å². The molecule has 2 aliphatic heterocycles. The van der Waals surface area contributed by atoms with Crippen molar-refractivity contribution in [3.63, 3.8) is 0 Å². The van der Waals surface area contributed by atoms with Crippen molar-refractivity contribution in [2.24, 2.45) is 0 Å². The maximum absolute atomic E-state index is 12.3. The summed E-state index contributed by atoms with van der Waals surface area (Å²) in [4.78, 5) is 14.5. The van der Waals surface area contributed by atoms with Crippen LogP contribution in [0.5, 0.6) is 0 Å². The predicted octanol–water partition coefficient (Wildman–Crippen LogP) is 0.0409. The van der Waals surface area contributed by atoms with E-state index < -0.39 is 9.84 Å². The van der Waals surface area contributed by atoms with Crippen LogP contribution in [-0.2, 0) is 21.2 Å². The molecule has 0 saturated carbocycles. The molecule has 3 heterocycles. The fourth-order valence-electron chi connectivity index (χ4n) is 3.47. The average Bonchev–Trinajstić information content (AvgIpc) is 3.10. The fourth-order valence-corrected chi connectivity index (χ4v) is 5.14. The second-order valence-electron chi connectivity index (χ2n) is 6.52. The Balaban J connectivity index is 1.53. The van der Waals surface area contributed by atoms with E-state index in [1.54, 1.807) is 6.20 Å². The van der Waals surface area contributed by atoms with Crippen LogP contribution in [0.1, 0.15) is 25.7 Å². The molecule has 0 aliphatic carbocycles. The zero-order valence-corrected chi connectivity index (χ0v) is 14.0. The minimum absolute atomic E-state index is 0.0699. The van der Waals surface area contributed by atoms with Gasteiger partial charge in [-0.1, -0.05) is 6.42 Å². The van der Waals surface area contributed by atoms with Crippen LogP contribution in [-0.4, -0.2) is 65.7 Å². The highest BCUT2D eigenvalue weighted by molar-refractivity contribution is 7.91. The van der Waals surface area contributed by atoms with Gasteiger partial charge < -0.3 is 5.32 Å². The zero-order valence-electron chi connectivity index (χ0n) is 13.2. The van der Waals surface area contributed by atoms with Gasteiger partial charge in [0.15, 0.2) is 9.84 Å². The number of piperidine rings is 1. The molecular weight excluding hydrogens is 316 g/mol. The Morgan fingerprint density at radius 1 is 1.30 bits per heavy atom. The van der Waals surface area contributed by atoms with Gasteiger partial charge in [-0.2, -0.15) is 5.10 Å². The Hall–Kier alpha value is -1.41. The summed E-state index contributed by atoms with van der Waals surface area (Å²) in [5, 5.41) is 7.12. The summed E-state index contributed by atoms with van der Waals surface area (Å²) in [6.07, 6.45) is 7.57. The molecule has 3 rings (SSSR count). The Labute approximate surface area is 137 Å². The minimum Gasteiger partial charge on any atom is -0.351 e. The Bertz CT molecular complexity index is 629. The van der Waals surface area contributed by atoms with E-state index in [4.69, 9.17) is 0 Å². The predicted molar refractivity (Wildman–Crippen MR) is 86.6 cm³/mol. The summed E-state index contributed by atoms with van der Waals surface area (Å²) in [5.74, 6) is 0.193. The topological polar surface area (TPSA) is 84.3 Å². The molecule has 1 amide bonds. The van der Waals surface area contributed by atoms with E-state index in [9.17, 15) is 13.2 Å². The van der Waals surface area contributed by atoms with Crippen LogP contribution >= 0.6 is 0 Å². The second kappa shape index (κ2) is 7.00. The van der Waals surface area contributed by atoms with Crippen LogP contribution in [0.4, 0.5) is 0 Å². The number of rotatable bonds is 5. The molecule has 0 radical (unpaired) electrons. The first-order chi connectivity index (χ1) is 11.0. The Morgan fingerprint density at radius 3 is 2.87 bits per heavy atom. The zero-order chi connectivity index (χ0) is 16.3. The van der Waals surface area contributed by atoms with Crippen molar-refractivity contribution < 1.29 is 13.2 Å². The quantitative estimate of drug-likeness (QED) is 0.818. The van der Waals surface area contributed by atoms with Gasteiger partial charge in [0.05, 0.1) is 24.6 Å². The van der Waals surface area contributed by atoms with E-state index in [1.807, 2.05) is 16.9 Å². The van der Waals surface area contributed by atoms with Gasteiger partial charge in [-0.3, -0.25) is 14.4 Å². The lowest BCUT2D eigenvalue weighted by Gasteiger charge is -2.35. The van der Waals surface area contributed by atoms with E-state index in [-0.39, 0.29) is 23.5 Å². The first-order valence-electron chi connectivity index (χ1n) is 8.23. The van der Waals surface area contributed by atoms with E-state index in [0.29, 0.717) is 19.0 Å². The number of amides is 1. The van der Waals surface area contributed by atoms with Gasteiger partial charge in [0.25, 0.3) is 0 Å². The monoisotopic (exact) mass is 340 g/mol. The molecule has 2 atom stereocenters. The normalized spacial score (nSPS) is 27.8. The van der Waals surface area contributed by atoms with Crippen molar-refractivity contribution in [3.8, 4) is 0 Å². The molecule has 0 unspecified atom stereocenters. The molecule has 1 aromatic heterocycles. The van der Waals surface area contributed by atoms with Crippen LogP contribution in [0.3, 0.4) is 0 Å². The Morgan fingerprint density at radius 2 is 2.17 bits per heavy atom. The minimum atomic E-state index is -2.96. The van der Waals surface area contributed by atoms with Gasteiger partial charge in [0.1, 0.15) is 0 Å². The van der Waals surface area contributed by atoms with Gasteiger partial charge in [-0.05, 0) is 31.9 Å². The lowest BCUT2D eigenvalue weighted by atomic mass is 10.0. The molecule has 0 bridgehead atoms. The smallest absolute Gasteiger partial charge is 0.234 e. The van der Waals surface area contributed by atoms with Gasteiger partial charge in [-0.25, -0.2) is 8.42 Å². The molecule has 0 aromatic carbocycles. The summed E-state index contributed by atoms with van der Waals surface area (Å²) >= 11 is 0. The molecule has 2 fully saturated rings. The van der Waals surface area contributed by atoms with Crippen LogP contribution in [0, 0.1) is 0 Å². The third-order valence-corrected chi connectivity index (χ3v) is 6.42. The van der Waals surface area contributed by atoms with Gasteiger partial charge in [0.2, 0.25) is 5.91 Å². The van der Waals surface area contributed by atoms with Crippen molar-refractivity contribution in [1.82, 2.24) is 20.0 Å². The third-order valence-electron chi connectivity index (χ3n) is 4.65. The maximum atomic E-state index is 12.3. The van der Waals surface area contributed by atoms with E-state index >= 15 is 0 Å². The van der Waals surface area contributed by atoms with Crippen LogP contribution in [0.15, 0.2) is 18.5 Å². The third kappa shape index (κ3) is 4.54. The molecule has 2 saturated heterocycles. The fraction of sp³-hybridized carbons (Fsp3) is 0.733. The first kappa shape index (κ1) is 16.4. The van der Waals surface area contributed by atoms with E-state index in [2.05, 4.69) is 15.3 Å². The average molecular weight is 340 g/mol. The molecule has 1 aromatic rings. The first-order valence-corrected chi connectivity index (χ1v) is 10.1. The van der Waals surface area contributed by atoms with Crippen molar-refractivity contribution in [2.75, 3.05) is 24.6 Å². The van der Waals surface area contributed by atoms with E-state index in [0.717, 1.165) is 25.9 Å². The second-order valence-corrected chi connectivity index (χ2v) is 8.74. The molecular formula is C15H24N4O3S. The number of carbonyl (C=O) groups excluding carboxylic acids is 1. The molecule has 8 heteroatoms. The lowest BCUT2D eigenvalue weighted by molar-refractivity contribution is -0.123. The molecule has 23 heavy (non-hydrogen) atoms. The summed E-state index contributed by atoms with van der Waals surface area (Å²) in [5.41, 5.74) is 0. The van der Waals surface area contributed by atoms with Crippen molar-refractivity contribution >= 4 is 15.7 Å². The summed E-state index contributed by atoms with van der Waals surface area (Å²) < 4.78 is 24.8. The highest BCUT2D eigenvalue weighted by Crippen LogP contribution is 2.18. The molecule has 2 aliphatic rings. The summed E-state index contributed by atoms with van der Waals surface area (Å²) in [6.45, 7) is 2.03. The number of hydrogen-bond donors (Lipinski definition) is 1. The van der Waals surface area contributed by atoms with Crippen molar-refractivity contribution in [2.45, 2.75) is 44.3 Å². The van der Waals surface area contributed by atoms with Crippen molar-refractivity contribution in [3.05, 3.63) is 18.5 Å². The van der Waals surface area contributed by atoms with Crippen LogP contribution in [0.25, 0.3) is 0 Å². The number of aromatic nitrogens is 2. The SMILES string of the molecule is O=C(CN1CCCC[C@H]1Cn1cccn1)N[C@@H]1CCS(=O)(=O)C1. The van der Waals surface area contributed by atoms with Crippen molar-refractivity contribution in [1.29, 1.82) is 0 Å². The maximum Gasteiger partial charge on any atom is 0.234 e. The van der Waals surface area contributed by atoms with Crippen LogP contribution in [0.2, 0.25) is 0 Å². The van der Waals surface area contributed by atoms with Gasteiger partial charge >= 0.3 is 0 Å². The number of carbonyl (C=O) groups is 1. The molecule has 1 N–H and O–H groups in total. The number of hydrogen-bond acceptors (Lipinski definition) is 5. The molecule has 7 nitrogen and oxygen atoms in total. The van der Waals surface area contributed by atoms with Crippen LogP contribution < -0.4 is 5.32 Å². The molecule has 0 spiro atoms. The van der Waals surface area contributed by atoms with Gasteiger partial charge in [-0.15, -0.1) is 0 Å². The number of nitrogens with one attached hydrogen (secondary N) is 1. The standard InChI is InChI=1S/C15H24N4O3S/c20-15(17-13-5-9-23(21,22)12-13)11-18-7-2-1-4-14(18)10-19-8-3-6-16-19/h3,6,8,13-14H,1-2,4-5,7,9-12H2,(H,17,20)/t13-,14+/m1/s1.